The van der Waals surface area contributed by atoms with E-state index in [0.29, 0.717) is 32.3 Å². The molecule has 1 aliphatic rings. The second-order valence-electron chi connectivity index (χ2n) is 4.84. The molecule has 0 atom stereocenters. The van der Waals surface area contributed by atoms with Crippen LogP contribution in [0.5, 0.6) is 0 Å². The van der Waals surface area contributed by atoms with Gasteiger partial charge in [0, 0.05) is 13.1 Å². The number of ether oxygens (including phenoxy) is 1. The van der Waals surface area contributed by atoms with Gasteiger partial charge in [0.1, 0.15) is 0 Å². The lowest BCUT2D eigenvalue weighted by molar-refractivity contribution is 0.122. The fourth-order valence-corrected chi connectivity index (χ4v) is 3.07. The van der Waals surface area contributed by atoms with Crippen LogP contribution in [0.4, 0.5) is 17.8 Å². The van der Waals surface area contributed by atoms with Crippen LogP contribution >= 0.6 is 0 Å². The van der Waals surface area contributed by atoms with Gasteiger partial charge in [-0.25, -0.2) is 13.1 Å². The lowest BCUT2D eigenvalue weighted by atomic mass is 10.4. The van der Waals surface area contributed by atoms with E-state index in [1.807, 2.05) is 4.90 Å². The third kappa shape index (κ3) is 3.66. The molecule has 0 bridgehead atoms. The van der Waals surface area contributed by atoms with Gasteiger partial charge in [-0.2, -0.15) is 15.0 Å². The van der Waals surface area contributed by atoms with Gasteiger partial charge in [0.2, 0.25) is 17.8 Å². The number of hydrogen-bond donors (Lipinski definition) is 2. The normalized spacial score (nSPS) is 15.4. The molecule has 0 radical (unpaired) electrons. The van der Waals surface area contributed by atoms with Gasteiger partial charge in [0.15, 0.2) is 0 Å². The number of nitrogens with one attached hydrogen (secondary N) is 1. The average Bonchev–Trinajstić information content (AvgIpc) is 2.55. The zero-order valence-corrected chi connectivity index (χ0v) is 13.0. The SMILES string of the molecule is Nc1nc(NS(=O)(=O)c2ccccc2)nc(N2CCOCC2)n1. The number of rotatable bonds is 4. The van der Waals surface area contributed by atoms with Crippen LogP contribution in [0.2, 0.25) is 0 Å². The minimum atomic E-state index is -3.78. The highest BCUT2D eigenvalue weighted by Gasteiger charge is 2.19. The summed E-state index contributed by atoms with van der Waals surface area (Å²) >= 11 is 0. The Morgan fingerprint density at radius 1 is 1.09 bits per heavy atom. The van der Waals surface area contributed by atoms with Crippen molar-refractivity contribution in [2.75, 3.05) is 41.7 Å². The van der Waals surface area contributed by atoms with Crippen molar-refractivity contribution >= 4 is 27.9 Å². The fraction of sp³-hybridized carbons (Fsp3) is 0.308. The summed E-state index contributed by atoms with van der Waals surface area (Å²) in [7, 11) is -3.78. The van der Waals surface area contributed by atoms with Gasteiger partial charge in [0.05, 0.1) is 18.1 Å². The Labute approximate surface area is 133 Å². The molecule has 2 aromatic rings. The van der Waals surface area contributed by atoms with E-state index in [4.69, 9.17) is 10.5 Å². The number of benzene rings is 1. The maximum Gasteiger partial charge on any atom is 0.264 e. The fourth-order valence-electron chi connectivity index (χ4n) is 2.11. The van der Waals surface area contributed by atoms with Crippen LogP contribution < -0.4 is 15.4 Å². The number of sulfonamides is 1. The summed E-state index contributed by atoms with van der Waals surface area (Å²) in [5.74, 6) is 0.168. The molecule has 3 N–H and O–H groups in total. The van der Waals surface area contributed by atoms with Crippen molar-refractivity contribution in [2.45, 2.75) is 4.90 Å². The van der Waals surface area contributed by atoms with E-state index in [1.54, 1.807) is 18.2 Å². The molecule has 9 nitrogen and oxygen atoms in total. The molecule has 0 unspecified atom stereocenters. The Hall–Kier alpha value is -2.46. The van der Waals surface area contributed by atoms with Crippen molar-refractivity contribution < 1.29 is 13.2 Å². The minimum Gasteiger partial charge on any atom is -0.378 e. The summed E-state index contributed by atoms with van der Waals surface area (Å²) in [5, 5.41) is 0. The zero-order valence-electron chi connectivity index (χ0n) is 12.2. The predicted molar refractivity (Wildman–Crippen MR) is 84.5 cm³/mol. The largest absolute Gasteiger partial charge is 0.378 e. The lowest BCUT2D eigenvalue weighted by Gasteiger charge is -2.26. The predicted octanol–water partition coefficient (Wildman–Crippen LogP) is 0.0912. The van der Waals surface area contributed by atoms with Crippen LogP contribution in [0.3, 0.4) is 0 Å². The first kappa shape index (κ1) is 15.4. The smallest absolute Gasteiger partial charge is 0.264 e. The molecule has 1 saturated heterocycles. The van der Waals surface area contributed by atoms with Crippen molar-refractivity contribution in [3.8, 4) is 0 Å². The zero-order chi connectivity index (χ0) is 16.3. The van der Waals surface area contributed by atoms with Crippen LogP contribution in [-0.4, -0.2) is 49.7 Å². The van der Waals surface area contributed by atoms with Crippen molar-refractivity contribution in [1.29, 1.82) is 0 Å². The summed E-state index contributed by atoms with van der Waals surface area (Å²) in [6.45, 7) is 2.32. The van der Waals surface area contributed by atoms with Gasteiger partial charge in [-0.3, -0.25) is 0 Å². The van der Waals surface area contributed by atoms with Gasteiger partial charge in [-0.05, 0) is 12.1 Å². The first-order valence-corrected chi connectivity index (χ1v) is 8.45. The quantitative estimate of drug-likeness (QED) is 0.805. The summed E-state index contributed by atoms with van der Waals surface area (Å²) in [6, 6.07) is 7.97. The van der Waals surface area contributed by atoms with Gasteiger partial charge >= 0.3 is 0 Å². The van der Waals surface area contributed by atoms with E-state index in [0.717, 1.165) is 0 Å². The van der Waals surface area contributed by atoms with E-state index in [9.17, 15) is 8.42 Å². The van der Waals surface area contributed by atoms with E-state index in [2.05, 4.69) is 19.7 Å². The molecule has 0 amide bonds. The number of nitrogens with zero attached hydrogens (tertiary/aromatic N) is 4. The van der Waals surface area contributed by atoms with E-state index in [1.165, 1.54) is 12.1 Å². The Bertz CT molecular complexity index is 778. The number of hydrogen-bond acceptors (Lipinski definition) is 8. The Kier molecular flexibility index (Phi) is 4.26. The molecule has 1 aliphatic heterocycles. The number of aromatic nitrogens is 3. The molecule has 2 heterocycles. The summed E-state index contributed by atoms with van der Waals surface area (Å²) in [4.78, 5) is 14.0. The lowest BCUT2D eigenvalue weighted by Crippen LogP contribution is -2.37. The van der Waals surface area contributed by atoms with Crippen LogP contribution in [0.1, 0.15) is 0 Å². The first-order chi connectivity index (χ1) is 11.0. The molecule has 1 aromatic carbocycles. The van der Waals surface area contributed by atoms with Crippen molar-refractivity contribution in [1.82, 2.24) is 15.0 Å². The van der Waals surface area contributed by atoms with Gasteiger partial charge in [-0.1, -0.05) is 18.2 Å². The second kappa shape index (κ2) is 6.34. The van der Waals surface area contributed by atoms with Crippen LogP contribution in [0.15, 0.2) is 35.2 Å². The van der Waals surface area contributed by atoms with Crippen LogP contribution in [0.25, 0.3) is 0 Å². The Morgan fingerprint density at radius 3 is 2.48 bits per heavy atom. The molecule has 10 heteroatoms. The molecular weight excluding hydrogens is 320 g/mol. The van der Waals surface area contributed by atoms with Crippen LogP contribution in [0, 0.1) is 0 Å². The van der Waals surface area contributed by atoms with Crippen molar-refractivity contribution in [2.24, 2.45) is 0 Å². The average molecular weight is 336 g/mol. The summed E-state index contributed by atoms with van der Waals surface area (Å²) in [5.41, 5.74) is 5.67. The summed E-state index contributed by atoms with van der Waals surface area (Å²) < 4.78 is 32.2. The monoisotopic (exact) mass is 336 g/mol. The van der Waals surface area contributed by atoms with Gasteiger partial charge in [0.25, 0.3) is 10.0 Å². The van der Waals surface area contributed by atoms with Crippen LogP contribution in [-0.2, 0) is 14.8 Å². The second-order valence-corrected chi connectivity index (χ2v) is 6.52. The van der Waals surface area contributed by atoms with E-state index < -0.39 is 10.0 Å². The highest BCUT2D eigenvalue weighted by molar-refractivity contribution is 7.92. The molecule has 122 valence electrons. The van der Waals surface area contributed by atoms with Crippen molar-refractivity contribution in [3.63, 3.8) is 0 Å². The Morgan fingerprint density at radius 2 is 1.78 bits per heavy atom. The molecule has 0 saturated carbocycles. The molecule has 23 heavy (non-hydrogen) atoms. The molecule has 0 aliphatic carbocycles. The number of morpholine rings is 1. The Balaban J connectivity index is 1.87. The molecule has 0 spiro atoms. The van der Waals surface area contributed by atoms with Crippen molar-refractivity contribution in [3.05, 3.63) is 30.3 Å². The maximum atomic E-state index is 12.3. The summed E-state index contributed by atoms with van der Waals surface area (Å²) in [6.07, 6.45) is 0. The third-order valence-corrected chi connectivity index (χ3v) is 4.56. The number of nitrogens with two attached hydrogens (primary N) is 1. The van der Waals surface area contributed by atoms with E-state index in [-0.39, 0.29) is 16.8 Å². The molecule has 1 fully saturated rings. The standard InChI is InChI=1S/C13H16N6O3S/c14-11-15-12(17-13(16-11)19-6-8-22-9-7-19)18-23(20,21)10-4-2-1-3-5-10/h1-5H,6-9H2,(H3,14,15,16,17,18). The minimum absolute atomic E-state index is 0.0488. The molecular formula is C13H16N6O3S. The number of anilines is 3. The molecule has 3 rings (SSSR count). The molecule has 1 aromatic heterocycles. The first-order valence-electron chi connectivity index (χ1n) is 6.97. The third-order valence-electron chi connectivity index (χ3n) is 3.21. The topological polar surface area (TPSA) is 123 Å². The highest BCUT2D eigenvalue weighted by atomic mass is 32.2. The number of nitrogen functional groups attached to an aromatic ring is 1. The van der Waals surface area contributed by atoms with Gasteiger partial charge in [-0.15, -0.1) is 0 Å². The van der Waals surface area contributed by atoms with Gasteiger partial charge < -0.3 is 15.4 Å². The van der Waals surface area contributed by atoms with E-state index >= 15 is 0 Å². The highest BCUT2D eigenvalue weighted by Crippen LogP contribution is 2.17. The maximum absolute atomic E-state index is 12.3.